The van der Waals surface area contributed by atoms with Crippen LogP contribution in [0.15, 0.2) is 6.20 Å². The summed E-state index contributed by atoms with van der Waals surface area (Å²) in [6.07, 6.45) is 2.21. The van der Waals surface area contributed by atoms with Crippen LogP contribution in [0.2, 0.25) is 0 Å². The van der Waals surface area contributed by atoms with Crippen LogP contribution in [0.3, 0.4) is 0 Å². The van der Waals surface area contributed by atoms with Crippen LogP contribution in [0.4, 0.5) is 0 Å². The van der Waals surface area contributed by atoms with Crippen molar-refractivity contribution in [3.05, 3.63) is 23.0 Å². The Morgan fingerprint density at radius 2 is 2.25 bits per heavy atom. The molecule has 4 N–H and O–H groups in total. The summed E-state index contributed by atoms with van der Waals surface area (Å²) in [5.74, 6) is -0.625. The number of imide groups is 1. The van der Waals surface area contributed by atoms with E-state index in [-0.39, 0.29) is 37.1 Å². The molecule has 0 aromatic carbocycles. The molecule has 7 heteroatoms. The van der Waals surface area contributed by atoms with Crippen LogP contribution < -0.4 is 10.6 Å². The number of rotatable bonds is 4. The molecule has 1 fully saturated rings. The quantitative estimate of drug-likeness (QED) is 0.552. The number of aromatic hydroxyl groups is 1. The Morgan fingerprint density at radius 1 is 1.50 bits per heavy atom. The minimum Gasteiger partial charge on any atom is -0.506 e. The van der Waals surface area contributed by atoms with Crippen LogP contribution in [-0.4, -0.2) is 33.1 Å². The molecule has 2 heterocycles. The van der Waals surface area contributed by atoms with E-state index < -0.39 is 6.04 Å². The molecule has 0 aliphatic carbocycles. The molecule has 1 atom stereocenters. The first kappa shape index (κ1) is 14.4. The molecule has 0 radical (unpaired) electrons. The van der Waals surface area contributed by atoms with Crippen molar-refractivity contribution < 1.29 is 19.8 Å². The summed E-state index contributed by atoms with van der Waals surface area (Å²) in [7, 11) is 0. The van der Waals surface area contributed by atoms with Gasteiger partial charge in [-0.05, 0) is 13.3 Å². The molecule has 1 unspecified atom stereocenters. The van der Waals surface area contributed by atoms with Crippen molar-refractivity contribution in [3.8, 4) is 5.75 Å². The van der Waals surface area contributed by atoms with Crippen LogP contribution in [-0.2, 0) is 22.7 Å². The molecule has 1 saturated heterocycles. The average Bonchev–Trinajstić information content (AvgIpc) is 2.42. The van der Waals surface area contributed by atoms with Crippen molar-refractivity contribution >= 4 is 11.8 Å². The first-order valence-corrected chi connectivity index (χ1v) is 6.37. The molecule has 0 spiro atoms. The Balaban J connectivity index is 2.09. The standard InChI is InChI=1S/C13H17N3O4/c1-7-12(19)9(8(6-17)4-14-7)5-15-10-2-3-11(18)16-13(10)20/h4,10,15,17,19H,2-3,5-6H2,1H3,(H,16,18,20). The van der Waals surface area contributed by atoms with E-state index in [1.165, 1.54) is 6.20 Å². The second-order valence-corrected chi connectivity index (χ2v) is 4.74. The zero-order valence-corrected chi connectivity index (χ0v) is 11.1. The van der Waals surface area contributed by atoms with Crippen molar-refractivity contribution in [1.29, 1.82) is 0 Å². The molecule has 1 aromatic heterocycles. The highest BCUT2D eigenvalue weighted by Gasteiger charge is 2.26. The average molecular weight is 279 g/mol. The van der Waals surface area contributed by atoms with Gasteiger partial charge < -0.3 is 15.5 Å². The fourth-order valence-electron chi connectivity index (χ4n) is 2.13. The Kier molecular flexibility index (Phi) is 4.31. The van der Waals surface area contributed by atoms with Gasteiger partial charge in [0.1, 0.15) is 5.75 Å². The maximum atomic E-state index is 11.6. The number of nitrogens with zero attached hydrogens (tertiary/aromatic N) is 1. The number of aliphatic hydroxyl groups excluding tert-OH is 1. The number of carbonyl (C=O) groups is 2. The second kappa shape index (κ2) is 5.98. The van der Waals surface area contributed by atoms with Crippen LogP contribution in [0.25, 0.3) is 0 Å². The molecule has 2 rings (SSSR count). The summed E-state index contributed by atoms with van der Waals surface area (Å²) >= 11 is 0. The summed E-state index contributed by atoms with van der Waals surface area (Å²) in [4.78, 5) is 26.6. The van der Waals surface area contributed by atoms with Crippen molar-refractivity contribution in [2.45, 2.75) is 39.0 Å². The summed E-state index contributed by atoms with van der Waals surface area (Å²) in [6, 6.07) is -0.480. The molecule has 2 amide bonds. The fourth-order valence-corrected chi connectivity index (χ4v) is 2.13. The van der Waals surface area contributed by atoms with E-state index in [4.69, 9.17) is 0 Å². The van der Waals surface area contributed by atoms with E-state index in [0.717, 1.165) is 0 Å². The highest BCUT2D eigenvalue weighted by Crippen LogP contribution is 2.24. The van der Waals surface area contributed by atoms with Crippen molar-refractivity contribution in [3.63, 3.8) is 0 Å². The number of hydrogen-bond donors (Lipinski definition) is 4. The Bertz CT molecular complexity index is 545. The summed E-state index contributed by atoms with van der Waals surface area (Å²) < 4.78 is 0. The maximum absolute atomic E-state index is 11.6. The van der Waals surface area contributed by atoms with Crippen molar-refractivity contribution in [1.82, 2.24) is 15.6 Å². The Labute approximate surface area is 116 Å². The third-order valence-electron chi connectivity index (χ3n) is 3.36. The predicted octanol–water partition coefficient (Wildman–Crippen LogP) is -0.517. The largest absolute Gasteiger partial charge is 0.506 e. The van der Waals surface area contributed by atoms with E-state index in [9.17, 15) is 19.8 Å². The van der Waals surface area contributed by atoms with E-state index in [0.29, 0.717) is 23.2 Å². The lowest BCUT2D eigenvalue weighted by Crippen LogP contribution is -2.50. The summed E-state index contributed by atoms with van der Waals surface area (Å²) in [5.41, 5.74) is 1.49. The lowest BCUT2D eigenvalue weighted by molar-refractivity contribution is -0.134. The molecule has 20 heavy (non-hydrogen) atoms. The van der Waals surface area contributed by atoms with E-state index in [1.54, 1.807) is 6.92 Å². The van der Waals surface area contributed by atoms with Gasteiger partial charge >= 0.3 is 0 Å². The smallest absolute Gasteiger partial charge is 0.243 e. The lowest BCUT2D eigenvalue weighted by atomic mass is 10.0. The number of aryl methyl sites for hydroxylation is 1. The highest BCUT2D eigenvalue weighted by atomic mass is 16.3. The van der Waals surface area contributed by atoms with Gasteiger partial charge in [0, 0.05) is 30.3 Å². The lowest BCUT2D eigenvalue weighted by Gasteiger charge is -2.22. The topological polar surface area (TPSA) is 112 Å². The molecule has 108 valence electrons. The minimum atomic E-state index is -0.480. The third-order valence-corrected chi connectivity index (χ3v) is 3.36. The number of aromatic nitrogens is 1. The van der Waals surface area contributed by atoms with E-state index in [2.05, 4.69) is 15.6 Å². The number of hydrogen-bond acceptors (Lipinski definition) is 6. The summed E-state index contributed by atoms with van der Waals surface area (Å²) in [5, 5.41) is 24.5. The zero-order valence-electron chi connectivity index (χ0n) is 11.1. The molecule has 0 saturated carbocycles. The van der Waals surface area contributed by atoms with Gasteiger partial charge in [0.05, 0.1) is 18.3 Å². The normalized spacial score (nSPS) is 19.0. The second-order valence-electron chi connectivity index (χ2n) is 4.74. The van der Waals surface area contributed by atoms with Crippen LogP contribution in [0.5, 0.6) is 5.75 Å². The minimum absolute atomic E-state index is 0.0105. The molecular weight excluding hydrogens is 262 g/mol. The van der Waals surface area contributed by atoms with Gasteiger partial charge in [0.15, 0.2) is 0 Å². The Morgan fingerprint density at radius 3 is 2.90 bits per heavy atom. The molecular formula is C13H17N3O4. The van der Waals surface area contributed by atoms with Gasteiger partial charge in [0.2, 0.25) is 11.8 Å². The van der Waals surface area contributed by atoms with Gasteiger partial charge in [-0.1, -0.05) is 0 Å². The number of nitrogens with one attached hydrogen (secondary N) is 2. The van der Waals surface area contributed by atoms with Crippen LogP contribution in [0, 0.1) is 6.92 Å². The first-order valence-electron chi connectivity index (χ1n) is 6.37. The van der Waals surface area contributed by atoms with E-state index in [1.807, 2.05) is 0 Å². The monoisotopic (exact) mass is 279 g/mol. The van der Waals surface area contributed by atoms with Gasteiger partial charge in [-0.25, -0.2) is 0 Å². The van der Waals surface area contributed by atoms with Crippen molar-refractivity contribution in [2.24, 2.45) is 0 Å². The first-order chi connectivity index (χ1) is 9.52. The predicted molar refractivity (Wildman–Crippen MR) is 69.6 cm³/mol. The van der Waals surface area contributed by atoms with Crippen LogP contribution in [0.1, 0.15) is 29.7 Å². The van der Waals surface area contributed by atoms with Gasteiger partial charge in [-0.3, -0.25) is 19.9 Å². The number of pyridine rings is 1. The molecule has 1 aliphatic heterocycles. The molecule has 1 aliphatic rings. The zero-order chi connectivity index (χ0) is 14.7. The van der Waals surface area contributed by atoms with Gasteiger partial charge in [-0.2, -0.15) is 0 Å². The number of amides is 2. The molecule has 7 nitrogen and oxygen atoms in total. The molecule has 1 aromatic rings. The van der Waals surface area contributed by atoms with Gasteiger partial charge in [-0.15, -0.1) is 0 Å². The van der Waals surface area contributed by atoms with E-state index >= 15 is 0 Å². The fraction of sp³-hybridized carbons (Fsp3) is 0.462. The highest BCUT2D eigenvalue weighted by molar-refractivity contribution is 6.00. The van der Waals surface area contributed by atoms with Gasteiger partial charge in [0.25, 0.3) is 0 Å². The molecule has 0 bridgehead atoms. The Hall–Kier alpha value is -1.99. The number of aliphatic hydroxyl groups is 1. The number of carbonyl (C=O) groups excluding carboxylic acids is 2. The van der Waals surface area contributed by atoms with Crippen molar-refractivity contribution in [2.75, 3.05) is 0 Å². The third kappa shape index (κ3) is 2.94. The van der Waals surface area contributed by atoms with Crippen LogP contribution >= 0.6 is 0 Å². The SMILES string of the molecule is Cc1ncc(CO)c(CNC2CCC(=O)NC2=O)c1O. The maximum Gasteiger partial charge on any atom is 0.243 e. The summed E-state index contributed by atoms with van der Waals surface area (Å²) in [6.45, 7) is 1.64. The number of piperidine rings is 1.